The molecule has 0 amide bonds. The summed E-state index contributed by atoms with van der Waals surface area (Å²) >= 11 is 10.3. The molecule has 4 heteroatoms. The molecule has 0 fully saturated rings. The van der Waals surface area contributed by atoms with Crippen LogP contribution in [0.15, 0.2) is 27.3 Å². The molecule has 1 aromatic heterocycles. The van der Waals surface area contributed by atoms with E-state index in [1.165, 1.54) is 18.6 Å². The average molecular weight is 338 g/mol. The minimum atomic E-state index is 1.09. The standard InChI is InChI=1S/C9H7IS3/c1-12-7-3-2-6(10)5-4-8(11)13-9(5)7/h2-4,11H,1H3. The fourth-order valence-electron chi connectivity index (χ4n) is 1.21. The number of halogens is 1. The molecule has 0 nitrogen and oxygen atoms in total. The van der Waals surface area contributed by atoms with Gasteiger partial charge in [0.15, 0.2) is 0 Å². The third-order valence-corrected chi connectivity index (χ3v) is 5.02. The van der Waals surface area contributed by atoms with E-state index >= 15 is 0 Å². The van der Waals surface area contributed by atoms with Crippen LogP contribution in [0.5, 0.6) is 0 Å². The quantitative estimate of drug-likeness (QED) is 0.453. The van der Waals surface area contributed by atoms with Gasteiger partial charge in [0.05, 0.1) is 8.91 Å². The first-order valence-electron chi connectivity index (χ1n) is 3.67. The summed E-state index contributed by atoms with van der Waals surface area (Å²) in [4.78, 5) is 1.35. The second-order valence-electron chi connectivity index (χ2n) is 2.58. The fraction of sp³-hybridized carbons (Fsp3) is 0.111. The van der Waals surface area contributed by atoms with E-state index in [9.17, 15) is 0 Å². The van der Waals surface area contributed by atoms with Crippen LogP contribution in [0.25, 0.3) is 10.1 Å². The molecule has 0 aliphatic rings. The highest BCUT2D eigenvalue weighted by Gasteiger charge is 2.06. The van der Waals surface area contributed by atoms with Crippen LogP contribution in [-0.2, 0) is 0 Å². The van der Waals surface area contributed by atoms with E-state index in [0.717, 1.165) is 4.21 Å². The zero-order valence-corrected chi connectivity index (χ0v) is 11.6. The molecule has 13 heavy (non-hydrogen) atoms. The summed E-state index contributed by atoms with van der Waals surface area (Å²) in [6.07, 6.45) is 2.11. The van der Waals surface area contributed by atoms with Crippen molar-refractivity contribution in [2.45, 2.75) is 9.10 Å². The van der Waals surface area contributed by atoms with Gasteiger partial charge >= 0.3 is 0 Å². The maximum absolute atomic E-state index is 4.38. The lowest BCUT2D eigenvalue weighted by molar-refractivity contribution is 1.57. The molecular weight excluding hydrogens is 331 g/mol. The lowest BCUT2D eigenvalue weighted by Crippen LogP contribution is -1.74. The van der Waals surface area contributed by atoms with Gasteiger partial charge in [-0.25, -0.2) is 0 Å². The maximum Gasteiger partial charge on any atom is 0.0581 e. The highest BCUT2D eigenvalue weighted by Crippen LogP contribution is 2.37. The van der Waals surface area contributed by atoms with Crippen molar-refractivity contribution < 1.29 is 0 Å². The van der Waals surface area contributed by atoms with Crippen LogP contribution in [0.3, 0.4) is 0 Å². The van der Waals surface area contributed by atoms with Crippen molar-refractivity contribution in [1.29, 1.82) is 0 Å². The van der Waals surface area contributed by atoms with Crippen molar-refractivity contribution in [3.05, 3.63) is 21.8 Å². The Morgan fingerprint density at radius 3 is 2.92 bits per heavy atom. The molecule has 0 radical (unpaired) electrons. The van der Waals surface area contributed by atoms with Crippen molar-refractivity contribution in [3.8, 4) is 0 Å². The molecule has 1 aromatic carbocycles. The van der Waals surface area contributed by atoms with Gasteiger partial charge in [-0.1, -0.05) is 0 Å². The van der Waals surface area contributed by atoms with Crippen LogP contribution in [-0.4, -0.2) is 6.26 Å². The third kappa shape index (κ3) is 1.86. The first-order chi connectivity index (χ1) is 6.22. The number of thioether (sulfide) groups is 1. The first-order valence-corrected chi connectivity index (χ1v) is 7.24. The number of benzene rings is 1. The van der Waals surface area contributed by atoms with Crippen molar-refractivity contribution >= 4 is 68.4 Å². The predicted molar refractivity (Wildman–Crippen MR) is 73.6 cm³/mol. The Bertz CT molecular complexity index is 447. The van der Waals surface area contributed by atoms with Gasteiger partial charge in [0.1, 0.15) is 0 Å². The highest BCUT2D eigenvalue weighted by atomic mass is 127. The summed E-state index contributed by atoms with van der Waals surface area (Å²) in [6.45, 7) is 0. The van der Waals surface area contributed by atoms with E-state index in [0.29, 0.717) is 0 Å². The molecule has 0 aliphatic carbocycles. The van der Waals surface area contributed by atoms with Gasteiger partial charge in [-0.2, -0.15) is 0 Å². The molecule has 0 aliphatic heterocycles. The van der Waals surface area contributed by atoms with E-state index in [1.54, 1.807) is 23.1 Å². The van der Waals surface area contributed by atoms with Gasteiger partial charge < -0.3 is 0 Å². The Kier molecular flexibility index (Phi) is 3.12. The smallest absolute Gasteiger partial charge is 0.0581 e. The Morgan fingerprint density at radius 2 is 2.23 bits per heavy atom. The summed E-state index contributed by atoms with van der Waals surface area (Å²) in [6, 6.07) is 6.48. The number of hydrogen-bond donors (Lipinski definition) is 1. The zero-order valence-electron chi connectivity index (χ0n) is 6.87. The monoisotopic (exact) mass is 338 g/mol. The highest BCUT2D eigenvalue weighted by molar-refractivity contribution is 14.1. The predicted octanol–water partition coefficient (Wildman–Crippen LogP) is 4.52. The fourth-order valence-corrected chi connectivity index (χ4v) is 4.11. The van der Waals surface area contributed by atoms with Crippen molar-refractivity contribution in [2.75, 3.05) is 6.26 Å². The third-order valence-electron chi connectivity index (χ3n) is 1.80. The van der Waals surface area contributed by atoms with E-state index in [2.05, 4.69) is 59.7 Å². The van der Waals surface area contributed by atoms with Crippen LogP contribution in [0.2, 0.25) is 0 Å². The largest absolute Gasteiger partial charge is 0.133 e. The van der Waals surface area contributed by atoms with Gasteiger partial charge in [0.25, 0.3) is 0 Å². The average Bonchev–Trinajstić information content (AvgIpc) is 2.48. The number of thiophene rings is 1. The molecule has 0 unspecified atom stereocenters. The Balaban J connectivity index is 2.83. The number of rotatable bonds is 1. The SMILES string of the molecule is CSc1ccc(I)c2cc(S)sc12. The molecule has 0 N–H and O–H groups in total. The maximum atomic E-state index is 4.38. The van der Waals surface area contributed by atoms with Crippen molar-refractivity contribution in [3.63, 3.8) is 0 Å². The van der Waals surface area contributed by atoms with Gasteiger partial charge in [-0.15, -0.1) is 35.7 Å². The van der Waals surface area contributed by atoms with Gasteiger partial charge in [0, 0.05) is 13.9 Å². The van der Waals surface area contributed by atoms with Crippen LogP contribution in [0.4, 0.5) is 0 Å². The van der Waals surface area contributed by atoms with Crippen LogP contribution < -0.4 is 0 Å². The molecular formula is C9H7IS3. The van der Waals surface area contributed by atoms with E-state index in [-0.39, 0.29) is 0 Å². The molecule has 0 saturated carbocycles. The van der Waals surface area contributed by atoms with E-state index in [4.69, 9.17) is 0 Å². The lowest BCUT2D eigenvalue weighted by Gasteiger charge is -1.99. The molecule has 68 valence electrons. The van der Waals surface area contributed by atoms with Crippen LogP contribution in [0.1, 0.15) is 0 Å². The second kappa shape index (κ2) is 4.00. The summed E-state index contributed by atoms with van der Waals surface area (Å²) in [5.41, 5.74) is 0. The summed E-state index contributed by atoms with van der Waals surface area (Å²) in [5.74, 6) is 0. The summed E-state index contributed by atoms with van der Waals surface area (Å²) < 4.78 is 3.76. The molecule has 0 saturated heterocycles. The number of thiol groups is 1. The summed E-state index contributed by atoms with van der Waals surface area (Å²) in [5, 5.41) is 1.34. The first kappa shape index (κ1) is 10.1. The molecule has 0 bridgehead atoms. The van der Waals surface area contributed by atoms with E-state index < -0.39 is 0 Å². The lowest BCUT2D eigenvalue weighted by atomic mass is 10.3. The van der Waals surface area contributed by atoms with Gasteiger partial charge in [0.2, 0.25) is 0 Å². The Hall–Kier alpha value is 0.610. The minimum Gasteiger partial charge on any atom is -0.133 e. The van der Waals surface area contributed by atoms with Gasteiger partial charge in [-0.3, -0.25) is 0 Å². The van der Waals surface area contributed by atoms with Crippen LogP contribution in [0, 0.1) is 3.57 Å². The Morgan fingerprint density at radius 1 is 1.46 bits per heavy atom. The van der Waals surface area contributed by atoms with Gasteiger partial charge in [-0.05, 0) is 47.0 Å². The van der Waals surface area contributed by atoms with Crippen molar-refractivity contribution in [1.82, 2.24) is 0 Å². The normalized spacial score (nSPS) is 11.0. The Labute approximate surface area is 105 Å². The van der Waals surface area contributed by atoms with E-state index in [1.807, 2.05) is 0 Å². The molecule has 1 heterocycles. The summed E-state index contributed by atoms with van der Waals surface area (Å²) in [7, 11) is 0. The number of fused-ring (bicyclic) bond motifs is 1. The molecule has 2 aromatic rings. The molecule has 0 spiro atoms. The minimum absolute atomic E-state index is 1.09. The van der Waals surface area contributed by atoms with Crippen molar-refractivity contribution in [2.24, 2.45) is 0 Å². The van der Waals surface area contributed by atoms with Crippen LogP contribution >= 0.6 is 58.3 Å². The molecule has 0 atom stereocenters. The zero-order chi connectivity index (χ0) is 9.42. The topological polar surface area (TPSA) is 0 Å². The molecule has 2 rings (SSSR count). The second-order valence-corrected chi connectivity index (χ2v) is 6.42. The number of hydrogen-bond acceptors (Lipinski definition) is 3.